The number of nitrogens with zero attached hydrogens (tertiary/aromatic N) is 2. The number of hydrogen-bond donors (Lipinski definition) is 1. The Labute approximate surface area is 110 Å². The molecule has 2 saturated heterocycles. The molecule has 0 spiro atoms. The first-order chi connectivity index (χ1) is 8.73. The molecule has 1 saturated carbocycles. The van der Waals surface area contributed by atoms with E-state index in [9.17, 15) is 0 Å². The van der Waals surface area contributed by atoms with Crippen molar-refractivity contribution in [3.8, 4) is 0 Å². The van der Waals surface area contributed by atoms with E-state index in [4.69, 9.17) is 10.5 Å². The van der Waals surface area contributed by atoms with Crippen LogP contribution in [0.15, 0.2) is 0 Å². The van der Waals surface area contributed by atoms with E-state index in [2.05, 4.69) is 16.8 Å². The van der Waals surface area contributed by atoms with Crippen LogP contribution >= 0.6 is 0 Å². The van der Waals surface area contributed by atoms with Crippen LogP contribution in [0, 0.1) is 0 Å². The summed E-state index contributed by atoms with van der Waals surface area (Å²) in [5.74, 6) is 0. The van der Waals surface area contributed by atoms with E-state index in [1.54, 1.807) is 0 Å². The molecule has 3 rings (SSSR count). The summed E-state index contributed by atoms with van der Waals surface area (Å²) < 4.78 is 5.76. The Morgan fingerprint density at radius 1 is 1.39 bits per heavy atom. The highest BCUT2D eigenvalue weighted by Crippen LogP contribution is 2.35. The van der Waals surface area contributed by atoms with Crippen LogP contribution in [0.4, 0.5) is 0 Å². The Balaban J connectivity index is 1.59. The van der Waals surface area contributed by atoms with Crippen molar-refractivity contribution in [3.05, 3.63) is 0 Å². The number of nitrogens with two attached hydrogens (primary N) is 1. The van der Waals surface area contributed by atoms with Gasteiger partial charge in [-0.15, -0.1) is 0 Å². The van der Waals surface area contributed by atoms with E-state index in [0.717, 1.165) is 32.3 Å². The lowest BCUT2D eigenvalue weighted by molar-refractivity contribution is 0.0395. The third-order valence-electron chi connectivity index (χ3n) is 5.12. The Kier molecular flexibility index (Phi) is 3.63. The van der Waals surface area contributed by atoms with Gasteiger partial charge in [0.25, 0.3) is 0 Å². The van der Waals surface area contributed by atoms with Gasteiger partial charge < -0.3 is 10.5 Å². The quantitative estimate of drug-likeness (QED) is 0.782. The molecule has 0 amide bonds. The van der Waals surface area contributed by atoms with E-state index >= 15 is 0 Å². The average molecular weight is 253 g/mol. The summed E-state index contributed by atoms with van der Waals surface area (Å²) >= 11 is 0. The summed E-state index contributed by atoms with van der Waals surface area (Å²) in [5.41, 5.74) is 6.32. The third-order valence-corrected chi connectivity index (χ3v) is 5.12. The maximum atomic E-state index is 6.12. The second kappa shape index (κ2) is 5.08. The molecule has 4 heteroatoms. The van der Waals surface area contributed by atoms with Gasteiger partial charge >= 0.3 is 0 Å². The van der Waals surface area contributed by atoms with Gasteiger partial charge in [0.1, 0.15) is 0 Å². The summed E-state index contributed by atoms with van der Waals surface area (Å²) in [7, 11) is 2.24. The summed E-state index contributed by atoms with van der Waals surface area (Å²) in [6.07, 6.45) is 6.91. The molecule has 0 radical (unpaired) electrons. The minimum Gasteiger partial charge on any atom is -0.377 e. The van der Waals surface area contributed by atoms with Gasteiger partial charge in [-0.3, -0.25) is 9.80 Å². The van der Waals surface area contributed by atoms with E-state index in [-0.39, 0.29) is 5.54 Å². The zero-order valence-electron chi connectivity index (χ0n) is 11.6. The minimum atomic E-state index is 0.203. The summed E-state index contributed by atoms with van der Waals surface area (Å²) in [5, 5.41) is 0. The molecule has 3 fully saturated rings. The van der Waals surface area contributed by atoms with E-state index in [0.29, 0.717) is 6.10 Å². The van der Waals surface area contributed by atoms with Gasteiger partial charge in [-0.1, -0.05) is 0 Å². The first-order valence-corrected chi connectivity index (χ1v) is 7.50. The largest absolute Gasteiger partial charge is 0.377 e. The van der Waals surface area contributed by atoms with Crippen molar-refractivity contribution in [1.82, 2.24) is 9.80 Å². The van der Waals surface area contributed by atoms with Gasteiger partial charge in [-0.2, -0.15) is 0 Å². The van der Waals surface area contributed by atoms with Gasteiger partial charge in [0.15, 0.2) is 0 Å². The van der Waals surface area contributed by atoms with Crippen LogP contribution in [0.3, 0.4) is 0 Å². The number of likely N-dealkylation sites (N-methyl/N-ethyl adjacent to an activating group) is 1. The summed E-state index contributed by atoms with van der Waals surface area (Å²) in [6, 6.07) is 0.870. The second-order valence-electron chi connectivity index (χ2n) is 6.40. The molecule has 2 atom stereocenters. The number of ether oxygens (including phenoxy) is 1. The zero-order chi connectivity index (χ0) is 12.6. The van der Waals surface area contributed by atoms with Crippen LogP contribution in [-0.2, 0) is 4.74 Å². The first-order valence-electron chi connectivity index (χ1n) is 7.50. The number of rotatable bonds is 5. The SMILES string of the molecule is CN(CC1CCCO1)C1(CN)CCN(C2CC2)C1. The van der Waals surface area contributed by atoms with E-state index in [1.807, 2.05) is 0 Å². The molecular formula is C14H27N3O. The topological polar surface area (TPSA) is 41.7 Å². The summed E-state index contributed by atoms with van der Waals surface area (Å²) in [6.45, 7) is 5.17. The van der Waals surface area contributed by atoms with Crippen molar-refractivity contribution >= 4 is 0 Å². The van der Waals surface area contributed by atoms with Crippen LogP contribution in [0.25, 0.3) is 0 Å². The minimum absolute atomic E-state index is 0.203. The van der Waals surface area contributed by atoms with Crippen LogP contribution in [0.2, 0.25) is 0 Å². The van der Waals surface area contributed by atoms with Crippen molar-refractivity contribution < 1.29 is 4.74 Å². The molecule has 0 aromatic carbocycles. The number of hydrogen-bond acceptors (Lipinski definition) is 4. The standard InChI is InChI=1S/C14H27N3O/c1-16(9-13-3-2-8-18-13)14(10-15)6-7-17(11-14)12-4-5-12/h12-13H,2-11,15H2,1H3. The predicted molar refractivity (Wildman–Crippen MR) is 72.6 cm³/mol. The van der Waals surface area contributed by atoms with Crippen molar-refractivity contribution in [2.45, 2.75) is 49.8 Å². The van der Waals surface area contributed by atoms with Crippen LogP contribution < -0.4 is 5.73 Å². The normalized spacial score (nSPS) is 37.8. The van der Waals surface area contributed by atoms with Crippen molar-refractivity contribution in [3.63, 3.8) is 0 Å². The molecule has 1 aliphatic carbocycles. The molecule has 0 aromatic rings. The maximum absolute atomic E-state index is 6.12. The molecule has 0 bridgehead atoms. The molecule has 3 aliphatic rings. The lowest BCUT2D eigenvalue weighted by Gasteiger charge is -2.39. The fourth-order valence-corrected chi connectivity index (χ4v) is 3.56. The third kappa shape index (κ3) is 2.44. The Morgan fingerprint density at radius 3 is 2.83 bits per heavy atom. The lowest BCUT2D eigenvalue weighted by Crippen LogP contribution is -2.55. The van der Waals surface area contributed by atoms with Gasteiger partial charge in [-0.25, -0.2) is 0 Å². The molecule has 0 aromatic heterocycles. The van der Waals surface area contributed by atoms with Crippen LogP contribution in [-0.4, -0.2) is 67.3 Å². The fourth-order valence-electron chi connectivity index (χ4n) is 3.56. The molecule has 2 N–H and O–H groups in total. The van der Waals surface area contributed by atoms with Crippen molar-refractivity contribution in [2.75, 3.05) is 39.8 Å². The molecular weight excluding hydrogens is 226 g/mol. The molecule has 2 heterocycles. The molecule has 2 aliphatic heterocycles. The molecule has 4 nitrogen and oxygen atoms in total. The Hall–Kier alpha value is -0.160. The molecule has 18 heavy (non-hydrogen) atoms. The smallest absolute Gasteiger partial charge is 0.0702 e. The molecule has 104 valence electrons. The van der Waals surface area contributed by atoms with Gasteiger partial charge in [0.2, 0.25) is 0 Å². The van der Waals surface area contributed by atoms with E-state index in [1.165, 1.54) is 38.6 Å². The second-order valence-corrected chi connectivity index (χ2v) is 6.40. The van der Waals surface area contributed by atoms with Crippen LogP contribution in [0.5, 0.6) is 0 Å². The van der Waals surface area contributed by atoms with E-state index < -0.39 is 0 Å². The van der Waals surface area contributed by atoms with Gasteiger partial charge in [0.05, 0.1) is 6.10 Å². The van der Waals surface area contributed by atoms with Crippen molar-refractivity contribution in [1.29, 1.82) is 0 Å². The fraction of sp³-hybridized carbons (Fsp3) is 1.00. The number of likely N-dealkylation sites (tertiary alicyclic amines) is 1. The highest BCUT2D eigenvalue weighted by Gasteiger charge is 2.45. The monoisotopic (exact) mass is 253 g/mol. The average Bonchev–Trinajstić information content (AvgIpc) is 2.93. The summed E-state index contributed by atoms with van der Waals surface area (Å²) in [4.78, 5) is 5.14. The van der Waals surface area contributed by atoms with Gasteiger partial charge in [-0.05, 0) is 39.2 Å². The zero-order valence-corrected chi connectivity index (χ0v) is 11.6. The Morgan fingerprint density at radius 2 is 2.22 bits per heavy atom. The highest BCUT2D eigenvalue weighted by atomic mass is 16.5. The van der Waals surface area contributed by atoms with Crippen LogP contribution in [0.1, 0.15) is 32.1 Å². The van der Waals surface area contributed by atoms with Crippen molar-refractivity contribution in [2.24, 2.45) is 5.73 Å². The maximum Gasteiger partial charge on any atom is 0.0702 e. The highest BCUT2D eigenvalue weighted by molar-refractivity contribution is 5.03. The predicted octanol–water partition coefficient (Wildman–Crippen LogP) is 0.663. The first kappa shape index (κ1) is 12.9. The lowest BCUT2D eigenvalue weighted by atomic mass is 9.96. The molecule has 2 unspecified atom stereocenters. The Bertz CT molecular complexity index is 289. The van der Waals surface area contributed by atoms with Gasteiger partial charge in [0, 0.05) is 44.4 Å².